The van der Waals surface area contributed by atoms with Gasteiger partial charge < -0.3 is 16.2 Å². The third kappa shape index (κ3) is 3.77. The molecular formula is C13H15N3O2S. The Morgan fingerprint density at radius 1 is 1.42 bits per heavy atom. The molecule has 1 aromatic carbocycles. The van der Waals surface area contributed by atoms with E-state index in [2.05, 4.69) is 10.3 Å². The number of aliphatic hydroxyl groups is 1. The minimum Gasteiger partial charge on any atom is -0.394 e. The average Bonchev–Trinajstić information content (AvgIpc) is 2.82. The predicted molar refractivity (Wildman–Crippen MR) is 74.6 cm³/mol. The lowest BCUT2D eigenvalue weighted by atomic mass is 10.1. The van der Waals surface area contributed by atoms with Crippen LogP contribution in [0.4, 0.5) is 5.13 Å². The fourth-order valence-corrected chi connectivity index (χ4v) is 2.30. The van der Waals surface area contributed by atoms with Gasteiger partial charge in [-0.05, 0) is 5.56 Å². The van der Waals surface area contributed by atoms with Gasteiger partial charge in [0.05, 0.1) is 24.8 Å². The molecule has 4 N–H and O–H groups in total. The van der Waals surface area contributed by atoms with Crippen LogP contribution in [0.3, 0.4) is 0 Å². The van der Waals surface area contributed by atoms with E-state index >= 15 is 0 Å². The van der Waals surface area contributed by atoms with E-state index in [-0.39, 0.29) is 18.9 Å². The first kappa shape index (κ1) is 13.5. The predicted octanol–water partition coefficient (Wildman–Crippen LogP) is 1.12. The van der Waals surface area contributed by atoms with Crippen molar-refractivity contribution in [1.82, 2.24) is 10.3 Å². The van der Waals surface area contributed by atoms with Crippen LogP contribution in [0.15, 0.2) is 35.7 Å². The lowest BCUT2D eigenvalue weighted by Gasteiger charge is -2.16. The van der Waals surface area contributed by atoms with Gasteiger partial charge in [-0.2, -0.15) is 0 Å². The number of thiazole rings is 1. The third-order valence-electron chi connectivity index (χ3n) is 2.63. The molecule has 100 valence electrons. The second kappa shape index (κ2) is 6.31. The van der Waals surface area contributed by atoms with Crippen LogP contribution in [-0.4, -0.2) is 22.6 Å². The third-order valence-corrected chi connectivity index (χ3v) is 3.35. The molecule has 5 nitrogen and oxygen atoms in total. The van der Waals surface area contributed by atoms with Crippen LogP contribution in [0.25, 0.3) is 0 Å². The quantitative estimate of drug-likeness (QED) is 0.764. The molecule has 1 aromatic heterocycles. The number of amides is 1. The maximum Gasteiger partial charge on any atom is 0.226 e. The van der Waals surface area contributed by atoms with Crippen molar-refractivity contribution >= 4 is 22.4 Å². The summed E-state index contributed by atoms with van der Waals surface area (Å²) in [6.45, 7) is -0.144. The van der Waals surface area contributed by atoms with Gasteiger partial charge in [0, 0.05) is 5.38 Å². The maximum atomic E-state index is 11.9. The van der Waals surface area contributed by atoms with Crippen LogP contribution in [0.2, 0.25) is 0 Å². The van der Waals surface area contributed by atoms with Gasteiger partial charge in [-0.25, -0.2) is 4.98 Å². The van der Waals surface area contributed by atoms with Crippen LogP contribution >= 0.6 is 11.3 Å². The van der Waals surface area contributed by atoms with Gasteiger partial charge in [0.15, 0.2) is 5.13 Å². The maximum absolute atomic E-state index is 11.9. The van der Waals surface area contributed by atoms with Crippen LogP contribution in [-0.2, 0) is 11.2 Å². The SMILES string of the molecule is Nc1nc(CC(=O)N[C@H](CO)c2ccccc2)cs1. The topological polar surface area (TPSA) is 88.2 Å². The highest BCUT2D eigenvalue weighted by Gasteiger charge is 2.14. The fourth-order valence-electron chi connectivity index (χ4n) is 1.73. The second-order valence-electron chi connectivity index (χ2n) is 4.07. The first-order valence-electron chi connectivity index (χ1n) is 5.84. The number of rotatable bonds is 5. The smallest absolute Gasteiger partial charge is 0.226 e. The molecule has 19 heavy (non-hydrogen) atoms. The number of aromatic nitrogens is 1. The second-order valence-corrected chi connectivity index (χ2v) is 4.96. The number of benzene rings is 1. The number of nitrogens with two attached hydrogens (primary N) is 1. The van der Waals surface area contributed by atoms with E-state index in [0.29, 0.717) is 10.8 Å². The summed E-state index contributed by atoms with van der Waals surface area (Å²) in [6.07, 6.45) is 0.164. The van der Waals surface area contributed by atoms with E-state index in [4.69, 9.17) is 5.73 Å². The lowest BCUT2D eigenvalue weighted by molar-refractivity contribution is -0.121. The summed E-state index contributed by atoms with van der Waals surface area (Å²) >= 11 is 1.30. The van der Waals surface area contributed by atoms with E-state index in [0.717, 1.165) is 5.56 Å². The number of carbonyl (C=O) groups excluding carboxylic acids is 1. The molecule has 0 unspecified atom stereocenters. The number of nitrogens with one attached hydrogen (secondary N) is 1. The Morgan fingerprint density at radius 2 is 2.16 bits per heavy atom. The van der Waals surface area contributed by atoms with Gasteiger partial charge >= 0.3 is 0 Å². The first-order valence-corrected chi connectivity index (χ1v) is 6.72. The van der Waals surface area contributed by atoms with Gasteiger partial charge in [0.25, 0.3) is 0 Å². The van der Waals surface area contributed by atoms with Crippen LogP contribution in [0.5, 0.6) is 0 Å². The summed E-state index contributed by atoms with van der Waals surface area (Å²) in [6, 6.07) is 8.95. The molecule has 2 rings (SSSR count). The van der Waals surface area contributed by atoms with E-state index < -0.39 is 6.04 Å². The molecular weight excluding hydrogens is 262 g/mol. The van der Waals surface area contributed by atoms with Crippen molar-refractivity contribution in [3.05, 3.63) is 47.0 Å². The van der Waals surface area contributed by atoms with E-state index in [1.54, 1.807) is 5.38 Å². The highest BCUT2D eigenvalue weighted by molar-refractivity contribution is 7.13. The molecule has 1 heterocycles. The molecule has 0 aliphatic rings. The summed E-state index contributed by atoms with van der Waals surface area (Å²) in [7, 11) is 0. The Balaban J connectivity index is 1.97. The normalized spacial score (nSPS) is 12.1. The van der Waals surface area contributed by atoms with Crippen LogP contribution < -0.4 is 11.1 Å². The van der Waals surface area contributed by atoms with Gasteiger partial charge in [-0.15, -0.1) is 11.3 Å². The molecule has 0 bridgehead atoms. The van der Waals surface area contributed by atoms with Crippen molar-refractivity contribution in [3.63, 3.8) is 0 Å². The van der Waals surface area contributed by atoms with Crippen LogP contribution in [0.1, 0.15) is 17.3 Å². The minimum absolute atomic E-state index is 0.144. The van der Waals surface area contributed by atoms with Crippen molar-refractivity contribution < 1.29 is 9.90 Å². The number of hydrogen-bond acceptors (Lipinski definition) is 5. The summed E-state index contributed by atoms with van der Waals surface area (Å²) < 4.78 is 0. The zero-order valence-corrected chi connectivity index (χ0v) is 11.1. The van der Waals surface area contributed by atoms with E-state index in [9.17, 15) is 9.90 Å². The monoisotopic (exact) mass is 277 g/mol. The fraction of sp³-hybridized carbons (Fsp3) is 0.231. The summed E-state index contributed by atoms with van der Waals surface area (Å²) in [5, 5.41) is 14.3. The molecule has 1 amide bonds. The van der Waals surface area contributed by atoms with Crippen molar-refractivity contribution in [3.8, 4) is 0 Å². The number of carbonyl (C=O) groups is 1. The summed E-state index contributed by atoms with van der Waals surface area (Å²) in [5.74, 6) is -0.187. The molecule has 2 aromatic rings. The molecule has 6 heteroatoms. The summed E-state index contributed by atoms with van der Waals surface area (Å²) in [4.78, 5) is 15.9. The number of nitrogens with zero attached hydrogens (tertiary/aromatic N) is 1. The molecule has 0 fully saturated rings. The van der Waals surface area contributed by atoms with Crippen molar-refractivity contribution in [2.45, 2.75) is 12.5 Å². The van der Waals surface area contributed by atoms with Gasteiger partial charge in [0.1, 0.15) is 0 Å². The molecule has 1 atom stereocenters. The van der Waals surface area contributed by atoms with Gasteiger partial charge in [-0.3, -0.25) is 4.79 Å². The lowest BCUT2D eigenvalue weighted by Crippen LogP contribution is -2.32. The zero-order chi connectivity index (χ0) is 13.7. The van der Waals surface area contributed by atoms with Crippen LogP contribution in [0, 0.1) is 0 Å². The van der Waals surface area contributed by atoms with E-state index in [1.807, 2.05) is 30.3 Å². The Morgan fingerprint density at radius 3 is 2.74 bits per heavy atom. The Kier molecular flexibility index (Phi) is 4.48. The highest BCUT2D eigenvalue weighted by atomic mass is 32.1. The Labute approximate surface area is 115 Å². The molecule has 0 saturated heterocycles. The van der Waals surface area contributed by atoms with E-state index in [1.165, 1.54) is 11.3 Å². The van der Waals surface area contributed by atoms with Gasteiger partial charge in [0.2, 0.25) is 5.91 Å². The van der Waals surface area contributed by atoms with Crippen molar-refractivity contribution in [2.24, 2.45) is 0 Å². The standard InChI is InChI=1S/C13H15N3O2S/c14-13-15-10(8-19-13)6-12(18)16-11(7-17)9-4-2-1-3-5-9/h1-5,8,11,17H,6-7H2,(H2,14,15)(H,16,18)/t11-/m1/s1. The molecule has 0 saturated carbocycles. The molecule has 0 radical (unpaired) electrons. The average molecular weight is 277 g/mol. The highest BCUT2D eigenvalue weighted by Crippen LogP contribution is 2.14. The number of aliphatic hydroxyl groups excluding tert-OH is 1. The zero-order valence-electron chi connectivity index (χ0n) is 10.2. The summed E-state index contributed by atoms with van der Waals surface area (Å²) in [5.41, 5.74) is 7.02. The Hall–Kier alpha value is -1.92. The molecule has 0 spiro atoms. The van der Waals surface area contributed by atoms with Crippen molar-refractivity contribution in [2.75, 3.05) is 12.3 Å². The number of hydrogen-bond donors (Lipinski definition) is 3. The van der Waals surface area contributed by atoms with Crippen molar-refractivity contribution in [1.29, 1.82) is 0 Å². The minimum atomic E-state index is -0.398. The first-order chi connectivity index (χ1) is 9.19. The largest absolute Gasteiger partial charge is 0.394 e. The molecule has 0 aliphatic heterocycles. The Bertz CT molecular complexity index is 542. The number of nitrogen functional groups attached to an aromatic ring is 1. The molecule has 0 aliphatic carbocycles. The number of anilines is 1. The van der Waals surface area contributed by atoms with Gasteiger partial charge in [-0.1, -0.05) is 30.3 Å².